The first-order chi connectivity index (χ1) is 10.6. The third-order valence-corrected chi connectivity index (χ3v) is 4.96. The maximum atomic E-state index is 12.5. The Balaban J connectivity index is 1.66. The molecule has 1 aromatic heterocycles. The molecule has 2 aliphatic heterocycles. The second-order valence-corrected chi connectivity index (χ2v) is 7.13. The van der Waals surface area contributed by atoms with Crippen LogP contribution in [0.2, 0.25) is 0 Å². The first kappa shape index (κ1) is 15.8. The summed E-state index contributed by atoms with van der Waals surface area (Å²) in [6, 6.07) is 0.433. The number of rotatable bonds is 3. The quantitative estimate of drug-likeness (QED) is 0.843. The highest BCUT2D eigenvalue weighted by atomic mass is 32.1. The van der Waals surface area contributed by atoms with Gasteiger partial charge >= 0.3 is 0 Å². The van der Waals surface area contributed by atoms with E-state index in [9.17, 15) is 4.79 Å². The van der Waals surface area contributed by atoms with Gasteiger partial charge in [-0.25, -0.2) is 0 Å². The zero-order valence-corrected chi connectivity index (χ0v) is 14.1. The summed E-state index contributed by atoms with van der Waals surface area (Å²) < 4.78 is 9.78. The van der Waals surface area contributed by atoms with Gasteiger partial charge in [-0.15, -0.1) is 5.10 Å². The van der Waals surface area contributed by atoms with Crippen molar-refractivity contribution in [1.82, 2.24) is 19.4 Å². The summed E-state index contributed by atoms with van der Waals surface area (Å²) in [6.45, 7) is 8.94. The fraction of sp³-hybridized carbons (Fsp3) is 0.800. The summed E-state index contributed by atoms with van der Waals surface area (Å²) in [6.07, 6.45) is 2.13. The average Bonchev–Trinajstić information content (AvgIpc) is 2.93. The number of nitrogens with zero attached hydrogens (tertiary/aromatic N) is 4. The van der Waals surface area contributed by atoms with Crippen LogP contribution in [0.4, 0.5) is 0 Å². The van der Waals surface area contributed by atoms with E-state index in [2.05, 4.69) is 28.3 Å². The fourth-order valence-corrected chi connectivity index (χ4v) is 3.91. The lowest BCUT2D eigenvalue weighted by Gasteiger charge is -2.41. The summed E-state index contributed by atoms with van der Waals surface area (Å²) in [5.74, 6) is 0.656. The number of carbonyl (C=O) groups is 1. The predicted octanol–water partition coefficient (Wildman–Crippen LogP) is 1.50. The van der Waals surface area contributed by atoms with E-state index >= 15 is 0 Å². The number of amides is 1. The Labute approximate surface area is 135 Å². The molecule has 2 saturated heterocycles. The van der Waals surface area contributed by atoms with Crippen molar-refractivity contribution in [2.45, 2.75) is 38.8 Å². The van der Waals surface area contributed by atoms with E-state index in [1.807, 2.05) is 4.90 Å². The number of ether oxygens (including phenoxy) is 1. The Morgan fingerprint density at radius 2 is 2.23 bits per heavy atom. The summed E-state index contributed by atoms with van der Waals surface area (Å²) in [5, 5.41) is 5.63. The van der Waals surface area contributed by atoms with Crippen molar-refractivity contribution in [2.75, 3.05) is 32.8 Å². The molecule has 0 spiro atoms. The van der Waals surface area contributed by atoms with Crippen LogP contribution >= 0.6 is 11.5 Å². The minimum Gasteiger partial charge on any atom is -0.375 e. The summed E-state index contributed by atoms with van der Waals surface area (Å²) in [4.78, 5) is 16.9. The Kier molecular flexibility index (Phi) is 5.05. The number of hydrogen-bond donors (Lipinski definition) is 0. The van der Waals surface area contributed by atoms with Gasteiger partial charge in [-0.05, 0) is 30.3 Å². The Morgan fingerprint density at radius 1 is 1.41 bits per heavy atom. The molecule has 3 heterocycles. The highest BCUT2D eigenvalue weighted by molar-refractivity contribution is 7.03. The van der Waals surface area contributed by atoms with E-state index in [0.717, 1.165) is 45.6 Å². The van der Waals surface area contributed by atoms with Crippen molar-refractivity contribution in [2.24, 2.45) is 5.92 Å². The molecule has 2 fully saturated rings. The van der Waals surface area contributed by atoms with Gasteiger partial charge in [-0.2, -0.15) is 0 Å². The minimum atomic E-state index is 0.00260. The van der Waals surface area contributed by atoms with Gasteiger partial charge in [-0.3, -0.25) is 9.69 Å². The lowest BCUT2D eigenvalue weighted by atomic mass is 10.0. The topological polar surface area (TPSA) is 58.6 Å². The van der Waals surface area contributed by atoms with E-state index in [1.54, 1.807) is 5.38 Å². The van der Waals surface area contributed by atoms with Crippen molar-refractivity contribution >= 4 is 17.4 Å². The molecule has 6 nitrogen and oxygen atoms in total. The van der Waals surface area contributed by atoms with Gasteiger partial charge in [0.15, 0.2) is 5.69 Å². The maximum absolute atomic E-state index is 12.5. The Bertz CT molecular complexity index is 494. The third kappa shape index (κ3) is 3.47. The van der Waals surface area contributed by atoms with Crippen LogP contribution in [-0.2, 0) is 4.74 Å². The summed E-state index contributed by atoms with van der Waals surface area (Å²) in [5.41, 5.74) is 0.467. The molecule has 7 heteroatoms. The number of likely N-dealkylation sites (tertiary alicyclic amines) is 1. The molecule has 0 N–H and O–H groups in total. The zero-order valence-electron chi connectivity index (χ0n) is 13.3. The highest BCUT2D eigenvalue weighted by Crippen LogP contribution is 2.25. The summed E-state index contributed by atoms with van der Waals surface area (Å²) in [7, 11) is 0. The average molecular weight is 324 g/mol. The normalized spacial score (nSPS) is 26.8. The summed E-state index contributed by atoms with van der Waals surface area (Å²) >= 11 is 1.22. The van der Waals surface area contributed by atoms with Crippen LogP contribution in [0.3, 0.4) is 0 Å². The molecule has 1 amide bonds. The number of hydrogen-bond acceptors (Lipinski definition) is 6. The lowest BCUT2D eigenvalue weighted by Crippen LogP contribution is -2.52. The molecule has 2 atom stereocenters. The van der Waals surface area contributed by atoms with Gasteiger partial charge in [0.2, 0.25) is 0 Å². The van der Waals surface area contributed by atoms with Crippen LogP contribution in [0.15, 0.2) is 5.38 Å². The SMILES string of the molecule is CC(C)CN1CCOC2CCN(C(=O)c3csnn3)CCC21. The molecule has 0 bridgehead atoms. The monoisotopic (exact) mass is 324 g/mol. The number of carbonyl (C=O) groups excluding carboxylic acids is 1. The van der Waals surface area contributed by atoms with Gasteiger partial charge in [-0.1, -0.05) is 18.3 Å². The molecule has 0 radical (unpaired) electrons. The van der Waals surface area contributed by atoms with E-state index < -0.39 is 0 Å². The molecule has 0 aliphatic carbocycles. The predicted molar refractivity (Wildman–Crippen MR) is 85.0 cm³/mol. The van der Waals surface area contributed by atoms with Gasteiger partial charge in [0.25, 0.3) is 5.91 Å². The second-order valence-electron chi connectivity index (χ2n) is 6.53. The van der Waals surface area contributed by atoms with Crippen LogP contribution in [-0.4, -0.2) is 70.2 Å². The smallest absolute Gasteiger partial charge is 0.275 e. The van der Waals surface area contributed by atoms with Gasteiger partial charge in [0.05, 0.1) is 12.7 Å². The second kappa shape index (κ2) is 7.02. The maximum Gasteiger partial charge on any atom is 0.275 e. The lowest BCUT2D eigenvalue weighted by molar-refractivity contribution is -0.0745. The van der Waals surface area contributed by atoms with Crippen LogP contribution < -0.4 is 0 Å². The van der Waals surface area contributed by atoms with Gasteiger partial charge < -0.3 is 9.64 Å². The third-order valence-electron chi connectivity index (χ3n) is 4.45. The number of morpholine rings is 1. The minimum absolute atomic E-state index is 0.00260. The Morgan fingerprint density at radius 3 is 2.95 bits per heavy atom. The van der Waals surface area contributed by atoms with Gasteiger partial charge in [0, 0.05) is 37.6 Å². The van der Waals surface area contributed by atoms with Crippen LogP contribution in [0, 0.1) is 5.92 Å². The van der Waals surface area contributed by atoms with E-state index in [-0.39, 0.29) is 12.0 Å². The molecule has 0 aromatic carbocycles. The van der Waals surface area contributed by atoms with Crippen molar-refractivity contribution < 1.29 is 9.53 Å². The van der Waals surface area contributed by atoms with Crippen molar-refractivity contribution in [3.63, 3.8) is 0 Å². The van der Waals surface area contributed by atoms with Crippen LogP contribution in [0.5, 0.6) is 0 Å². The molecule has 1 aromatic rings. The molecule has 2 unspecified atom stereocenters. The highest BCUT2D eigenvalue weighted by Gasteiger charge is 2.36. The molecule has 2 aliphatic rings. The molecular weight excluding hydrogens is 300 g/mol. The van der Waals surface area contributed by atoms with E-state index in [1.165, 1.54) is 11.5 Å². The standard InChI is InChI=1S/C15H24N4O2S/c1-11(2)9-19-7-8-21-14-4-6-18(5-3-13(14)19)15(20)12-10-22-17-16-12/h10-11,13-14H,3-9H2,1-2H3. The molecular formula is C15H24N4O2S. The first-order valence-corrected chi connectivity index (χ1v) is 8.91. The fourth-order valence-electron chi connectivity index (χ4n) is 3.48. The zero-order chi connectivity index (χ0) is 15.5. The van der Waals surface area contributed by atoms with Crippen LogP contribution in [0.1, 0.15) is 37.2 Å². The van der Waals surface area contributed by atoms with Crippen LogP contribution in [0.25, 0.3) is 0 Å². The molecule has 0 saturated carbocycles. The number of aromatic nitrogens is 2. The Hall–Kier alpha value is -1.05. The molecule has 22 heavy (non-hydrogen) atoms. The van der Waals surface area contributed by atoms with Crippen molar-refractivity contribution in [3.8, 4) is 0 Å². The van der Waals surface area contributed by atoms with Gasteiger partial charge in [0.1, 0.15) is 0 Å². The molecule has 122 valence electrons. The van der Waals surface area contributed by atoms with Crippen molar-refractivity contribution in [3.05, 3.63) is 11.1 Å². The van der Waals surface area contributed by atoms with E-state index in [4.69, 9.17) is 4.74 Å². The largest absolute Gasteiger partial charge is 0.375 e. The van der Waals surface area contributed by atoms with Crippen molar-refractivity contribution in [1.29, 1.82) is 0 Å². The molecule has 3 rings (SSSR count). The first-order valence-electron chi connectivity index (χ1n) is 8.07. The number of fused-ring (bicyclic) bond motifs is 1. The van der Waals surface area contributed by atoms with E-state index in [0.29, 0.717) is 17.7 Å².